The fourth-order valence-electron chi connectivity index (χ4n) is 2.78. The number of ether oxygens (including phenoxy) is 2. The van der Waals surface area contributed by atoms with Gasteiger partial charge in [0.1, 0.15) is 5.69 Å². The molecule has 15 nitrogen and oxygen atoms in total. The highest BCUT2D eigenvalue weighted by Crippen LogP contribution is 2.32. The Bertz CT molecular complexity index is 1540. The number of nitrogen functional groups attached to an aromatic ring is 1. The van der Waals surface area contributed by atoms with Crippen molar-refractivity contribution in [2.24, 2.45) is 0 Å². The van der Waals surface area contributed by atoms with Crippen LogP contribution in [0.4, 0.5) is 23.9 Å². The Morgan fingerprint density at radius 2 is 1.68 bits per heavy atom. The van der Waals surface area contributed by atoms with Gasteiger partial charge in [0.25, 0.3) is 15.6 Å². The van der Waals surface area contributed by atoms with E-state index in [0.717, 1.165) is 16.9 Å². The van der Waals surface area contributed by atoms with Crippen molar-refractivity contribution in [3.05, 3.63) is 46.0 Å². The number of carbonyl (C=O) groups is 1. The van der Waals surface area contributed by atoms with Crippen LogP contribution >= 0.6 is 11.8 Å². The first kappa shape index (κ1) is 33.0. The lowest BCUT2D eigenvalue weighted by atomic mass is 9.93. The molecule has 0 aliphatic rings. The Balaban J connectivity index is 0.000000353. The molecular formula is C21H26F3N9O6S2. The monoisotopic (exact) mass is 621 g/mol. The average Bonchev–Trinajstić information content (AvgIpc) is 2.88. The quantitative estimate of drug-likeness (QED) is 0.265. The van der Waals surface area contributed by atoms with E-state index in [2.05, 4.69) is 25.1 Å². The minimum atomic E-state index is -4.99. The van der Waals surface area contributed by atoms with Crippen LogP contribution in [0.15, 0.2) is 39.4 Å². The fourth-order valence-corrected chi connectivity index (χ4v) is 4.25. The largest absolute Gasteiger partial charge is 0.481 e. The van der Waals surface area contributed by atoms with Gasteiger partial charge >= 0.3 is 12.2 Å². The van der Waals surface area contributed by atoms with Gasteiger partial charge in [-0.05, 0) is 18.4 Å². The molecule has 0 fully saturated rings. The maximum Gasteiger partial charge on any atom is 0.419 e. The van der Waals surface area contributed by atoms with Crippen molar-refractivity contribution < 1.29 is 35.9 Å². The van der Waals surface area contributed by atoms with Gasteiger partial charge in [0.15, 0.2) is 5.03 Å². The minimum absolute atomic E-state index is 0.0101. The van der Waals surface area contributed by atoms with Crippen LogP contribution in [0.3, 0.4) is 0 Å². The number of hydrogen-bond acceptors (Lipinski definition) is 13. The van der Waals surface area contributed by atoms with Crippen molar-refractivity contribution >= 4 is 33.8 Å². The number of thioether (sulfide) groups is 1. The van der Waals surface area contributed by atoms with E-state index in [1.165, 1.54) is 36.8 Å². The maximum atomic E-state index is 12.9. The third-order valence-corrected chi connectivity index (χ3v) is 6.57. The summed E-state index contributed by atoms with van der Waals surface area (Å²) in [4.78, 5) is 34.3. The third-order valence-electron chi connectivity index (χ3n) is 4.64. The van der Waals surface area contributed by atoms with Gasteiger partial charge < -0.3 is 15.3 Å². The van der Waals surface area contributed by atoms with Crippen LogP contribution in [0.2, 0.25) is 0 Å². The molecular weight excluding hydrogens is 595 g/mol. The molecule has 224 valence electrons. The first-order valence-electron chi connectivity index (χ1n) is 11.1. The second kappa shape index (κ2) is 13.0. The van der Waals surface area contributed by atoms with Crippen molar-refractivity contribution in [1.82, 2.24) is 34.5 Å². The van der Waals surface area contributed by atoms with Crippen LogP contribution in [0, 0.1) is 0 Å². The number of alkyl halides is 3. The molecule has 0 saturated heterocycles. The van der Waals surface area contributed by atoms with Gasteiger partial charge in [0, 0.05) is 11.6 Å². The van der Waals surface area contributed by atoms with E-state index in [9.17, 15) is 31.2 Å². The molecule has 0 aliphatic heterocycles. The van der Waals surface area contributed by atoms with E-state index in [1.54, 1.807) is 6.26 Å². The van der Waals surface area contributed by atoms with E-state index in [4.69, 9.17) is 15.3 Å². The summed E-state index contributed by atoms with van der Waals surface area (Å²) in [6, 6.07) is 1.31. The number of anilines is 1. The molecule has 0 bridgehead atoms. The van der Waals surface area contributed by atoms with Crippen LogP contribution < -0.4 is 30.9 Å². The second-order valence-electron chi connectivity index (χ2n) is 8.65. The fraction of sp³-hybridized carbons (Fsp3) is 0.381. The Morgan fingerprint density at radius 1 is 1.10 bits per heavy atom. The lowest BCUT2D eigenvalue weighted by Crippen LogP contribution is -2.37. The summed E-state index contributed by atoms with van der Waals surface area (Å²) in [6.45, 7) is 5.70. The normalized spacial score (nSPS) is 11.6. The van der Waals surface area contributed by atoms with Crippen molar-refractivity contribution in [1.29, 1.82) is 0 Å². The lowest BCUT2D eigenvalue weighted by molar-refractivity contribution is -0.140. The Hall–Kier alpha value is -4.20. The third kappa shape index (κ3) is 8.64. The Morgan fingerprint density at radius 3 is 2.17 bits per heavy atom. The van der Waals surface area contributed by atoms with Crippen LogP contribution in [0.5, 0.6) is 11.8 Å². The number of halogens is 3. The predicted octanol–water partition coefficient (Wildman–Crippen LogP) is 1.79. The highest BCUT2D eigenvalue weighted by atomic mass is 32.2. The molecule has 0 atom stereocenters. The maximum absolute atomic E-state index is 12.9. The topological polar surface area (TPSA) is 206 Å². The molecule has 3 aromatic rings. The molecule has 2 amide bonds. The van der Waals surface area contributed by atoms with Gasteiger partial charge in [-0.3, -0.25) is 10.1 Å². The van der Waals surface area contributed by atoms with E-state index in [0.29, 0.717) is 16.9 Å². The first-order valence-corrected chi connectivity index (χ1v) is 13.8. The molecule has 3 heterocycles. The summed E-state index contributed by atoms with van der Waals surface area (Å²) in [7, 11) is -2.39. The summed E-state index contributed by atoms with van der Waals surface area (Å²) < 4.78 is 75.2. The standard InChI is InChI=1S/C13H12F3N5O5S.C8H14N4OS/c1-25-8-6-9(26-2)19-11(18-8)20-12(22)21-27(23,24)10-7(13(14,15)16)4-3-5-17-10;1-8(2,3)5-6(13)12(9)7(14-4)11-10-5/h3-6H,1-2H3,(H2,18,19,20,21,22);9H2,1-4H3. The molecule has 3 rings (SSSR count). The number of hydrogen-bond donors (Lipinski definition) is 3. The number of aromatic nitrogens is 6. The number of sulfonamides is 1. The SMILES string of the molecule is COc1cc(OC)nc(NC(=O)NS(=O)(=O)c2ncccc2C(F)(F)F)n1.CSc1nnc(C(C)(C)C)c(=O)n1N. The number of carbonyl (C=O) groups excluding carboxylic acids is 1. The highest BCUT2D eigenvalue weighted by Gasteiger charge is 2.38. The molecule has 0 radical (unpaired) electrons. The smallest absolute Gasteiger partial charge is 0.419 e. The second-order valence-corrected chi connectivity index (χ2v) is 11.0. The summed E-state index contributed by atoms with van der Waals surface area (Å²) in [5, 5.41) is 8.80. The molecule has 0 aromatic carbocycles. The van der Waals surface area contributed by atoms with Gasteiger partial charge in [-0.25, -0.2) is 14.5 Å². The average molecular weight is 622 g/mol. The predicted molar refractivity (Wildman–Crippen MR) is 141 cm³/mol. The zero-order chi connectivity index (χ0) is 31.2. The van der Waals surface area contributed by atoms with Crippen molar-refractivity contribution in [3.8, 4) is 11.8 Å². The van der Waals surface area contributed by atoms with Gasteiger partial charge in [0.2, 0.25) is 22.9 Å². The lowest BCUT2D eigenvalue weighted by Gasteiger charge is -2.16. The minimum Gasteiger partial charge on any atom is -0.481 e. The number of amides is 2. The molecule has 0 unspecified atom stereocenters. The van der Waals surface area contributed by atoms with Crippen molar-refractivity contribution in [2.45, 2.75) is 42.5 Å². The van der Waals surface area contributed by atoms with Gasteiger partial charge in [0.05, 0.1) is 25.8 Å². The summed E-state index contributed by atoms with van der Waals surface area (Å²) in [6.07, 6.45) is -2.35. The van der Waals surface area contributed by atoms with Crippen molar-refractivity contribution in [2.75, 3.05) is 31.6 Å². The van der Waals surface area contributed by atoms with E-state index < -0.39 is 38.8 Å². The van der Waals surface area contributed by atoms with Crippen LogP contribution in [0.1, 0.15) is 32.0 Å². The van der Waals surface area contributed by atoms with Crippen LogP contribution in [-0.4, -0.2) is 64.7 Å². The molecule has 0 aliphatic carbocycles. The van der Waals surface area contributed by atoms with E-state index in [1.807, 2.05) is 26.1 Å². The van der Waals surface area contributed by atoms with Gasteiger partial charge in [-0.2, -0.15) is 36.2 Å². The number of rotatable bonds is 6. The number of nitrogens with one attached hydrogen (secondary N) is 2. The molecule has 0 spiro atoms. The summed E-state index contributed by atoms with van der Waals surface area (Å²) >= 11 is 1.29. The first-order chi connectivity index (χ1) is 18.9. The zero-order valence-electron chi connectivity index (χ0n) is 22.5. The zero-order valence-corrected chi connectivity index (χ0v) is 24.1. The van der Waals surface area contributed by atoms with E-state index >= 15 is 0 Å². The summed E-state index contributed by atoms with van der Waals surface area (Å²) in [5.41, 5.74) is -1.75. The Kier molecular flexibility index (Phi) is 10.4. The van der Waals surface area contributed by atoms with Crippen LogP contribution in [0.25, 0.3) is 0 Å². The van der Waals surface area contributed by atoms with Crippen molar-refractivity contribution in [3.63, 3.8) is 0 Å². The summed E-state index contributed by atoms with van der Waals surface area (Å²) in [5.74, 6) is 5.14. The number of pyridine rings is 1. The van der Waals surface area contributed by atoms with Gasteiger partial charge in [-0.1, -0.05) is 32.5 Å². The Labute approximate surface area is 236 Å². The molecule has 0 saturated carbocycles. The highest BCUT2D eigenvalue weighted by molar-refractivity contribution is 7.98. The number of nitrogens with two attached hydrogens (primary N) is 1. The molecule has 20 heteroatoms. The van der Waals surface area contributed by atoms with E-state index in [-0.39, 0.29) is 22.7 Å². The van der Waals surface area contributed by atoms with Gasteiger partial charge in [-0.15, -0.1) is 10.2 Å². The number of nitrogens with zero attached hydrogens (tertiary/aromatic N) is 6. The number of methoxy groups -OCH3 is 2. The molecule has 3 aromatic heterocycles. The molecule has 4 N–H and O–H groups in total. The van der Waals surface area contributed by atoms with Crippen LogP contribution in [-0.2, 0) is 21.6 Å². The number of urea groups is 1. The molecule has 41 heavy (non-hydrogen) atoms.